The van der Waals surface area contributed by atoms with Gasteiger partial charge in [-0.05, 0) is 96.3 Å². The van der Waals surface area contributed by atoms with Crippen LogP contribution in [0.25, 0.3) is 0 Å². The van der Waals surface area contributed by atoms with E-state index < -0.39 is 24.3 Å². The van der Waals surface area contributed by atoms with Crippen molar-refractivity contribution in [3.05, 3.63) is 97.2 Å². The van der Waals surface area contributed by atoms with Gasteiger partial charge in [0.25, 0.3) is 6.29 Å². The maximum Gasteiger partial charge on any atom is 0.361 e. The van der Waals surface area contributed by atoms with Crippen LogP contribution in [-0.2, 0) is 33.3 Å². The van der Waals surface area contributed by atoms with E-state index >= 15 is 0 Å². The first kappa shape index (κ1) is 79.2. The molecule has 9 nitrogen and oxygen atoms in total. The molecule has 9 heteroatoms. The summed E-state index contributed by atoms with van der Waals surface area (Å²) in [6.45, 7) is 4.77. The highest BCUT2D eigenvalue weighted by molar-refractivity contribution is 5.71. The van der Waals surface area contributed by atoms with Crippen LogP contribution in [0.3, 0.4) is 0 Å². The molecule has 0 rings (SSSR count). The molecule has 0 aromatic heterocycles. The normalized spacial score (nSPS) is 13.3. The van der Waals surface area contributed by atoms with Gasteiger partial charge in [-0.15, -0.1) is 0 Å². The van der Waals surface area contributed by atoms with E-state index in [1.165, 1.54) is 180 Å². The van der Waals surface area contributed by atoms with Gasteiger partial charge in [0.05, 0.1) is 34.4 Å². The molecule has 0 aliphatic rings. The summed E-state index contributed by atoms with van der Waals surface area (Å²) in [4.78, 5) is 37.6. The third kappa shape index (κ3) is 65.6. The summed E-state index contributed by atoms with van der Waals surface area (Å²) < 4.78 is 23.0. The minimum atomic E-state index is -1.52. The van der Waals surface area contributed by atoms with Gasteiger partial charge in [-0.3, -0.25) is 9.59 Å². The quantitative estimate of drug-likeness (QED) is 0.0211. The summed E-state index contributed by atoms with van der Waals surface area (Å²) in [6, 6.07) is 0. The number of unbranched alkanes of at least 4 members (excludes halogenated alkanes) is 32. The van der Waals surface area contributed by atoms with Crippen LogP contribution in [0.2, 0.25) is 0 Å². The molecule has 2 unspecified atom stereocenters. The molecule has 0 bridgehead atoms. The summed E-state index contributed by atoms with van der Waals surface area (Å²) in [5, 5.41) is 9.74. The van der Waals surface area contributed by atoms with Crippen LogP contribution in [0.15, 0.2) is 97.2 Å². The first-order chi connectivity index (χ1) is 40.6. The second-order valence-corrected chi connectivity index (χ2v) is 24.1. The van der Waals surface area contributed by atoms with Crippen molar-refractivity contribution in [1.29, 1.82) is 0 Å². The van der Waals surface area contributed by atoms with Gasteiger partial charge in [-0.1, -0.05) is 284 Å². The molecule has 0 saturated carbocycles. The molecule has 0 heterocycles. The third-order valence-corrected chi connectivity index (χ3v) is 14.8. The number of carbonyl (C=O) groups is 3. The lowest BCUT2D eigenvalue weighted by atomic mass is 10.0. The Labute approximate surface area is 512 Å². The Morgan fingerprint density at radius 3 is 1.02 bits per heavy atom. The summed E-state index contributed by atoms with van der Waals surface area (Å²) in [7, 11) is 5.98. The zero-order valence-corrected chi connectivity index (χ0v) is 54.6. The van der Waals surface area contributed by atoms with Gasteiger partial charge in [0.1, 0.15) is 13.2 Å². The van der Waals surface area contributed by atoms with Crippen LogP contribution in [-0.4, -0.2) is 87.4 Å². The van der Waals surface area contributed by atoms with Gasteiger partial charge >= 0.3 is 17.9 Å². The zero-order valence-electron chi connectivity index (χ0n) is 54.6. The maximum atomic E-state index is 12.9. The standard InChI is InChI=1S/C74H129NO8/c1-6-8-10-12-14-16-18-20-22-24-26-28-30-32-34-35-36-37-39-40-42-44-46-48-50-52-54-56-58-60-62-64-71(76)81-68-70(69-82-74(73(78)79)80-67-66-75(3,4)5)83-72(77)65-63-61-59-57-55-53-51-49-47-45-43-41-38-33-31-29-27-25-23-21-19-17-15-13-11-9-7-2/h9,11,15,17-18,20-21,23-24,26-27,29-30,32-33,38,70,74H,6-8,10,12-14,16,19,22,25,28,31,34-37,39-69H2,1-5H3/p+1/b11-9-,17-15-,20-18-,23-21-,26-24-,29-27-,32-30-,38-33-. The Kier molecular flexibility index (Phi) is 61.3. The minimum Gasteiger partial charge on any atom is -0.477 e. The van der Waals surface area contributed by atoms with E-state index in [-0.39, 0.29) is 32.2 Å². The van der Waals surface area contributed by atoms with Gasteiger partial charge < -0.3 is 28.5 Å². The van der Waals surface area contributed by atoms with E-state index in [1.54, 1.807) is 0 Å². The van der Waals surface area contributed by atoms with E-state index in [0.717, 1.165) is 83.5 Å². The van der Waals surface area contributed by atoms with E-state index in [9.17, 15) is 19.5 Å². The van der Waals surface area contributed by atoms with Gasteiger partial charge in [0.15, 0.2) is 6.10 Å². The van der Waals surface area contributed by atoms with Crippen LogP contribution < -0.4 is 0 Å². The number of ether oxygens (including phenoxy) is 4. The molecule has 478 valence electrons. The fraction of sp³-hybridized carbons (Fsp3) is 0.743. The number of likely N-dealkylation sites (N-methyl/N-ethyl adjacent to an activating group) is 1. The number of allylic oxidation sites excluding steroid dienone is 16. The fourth-order valence-electron chi connectivity index (χ4n) is 9.58. The molecule has 0 radical (unpaired) electrons. The molecule has 0 aromatic carbocycles. The Balaban J connectivity index is 4.13. The van der Waals surface area contributed by atoms with Crippen molar-refractivity contribution in [2.24, 2.45) is 0 Å². The number of carboxylic acids is 1. The highest BCUT2D eigenvalue weighted by Crippen LogP contribution is 2.17. The van der Waals surface area contributed by atoms with Crippen molar-refractivity contribution >= 4 is 17.9 Å². The molecular formula is C74H130NO8+. The van der Waals surface area contributed by atoms with Crippen LogP contribution in [0.1, 0.15) is 296 Å². The maximum absolute atomic E-state index is 12.9. The minimum absolute atomic E-state index is 0.184. The average molecular weight is 1160 g/mol. The second kappa shape index (κ2) is 64.2. The highest BCUT2D eigenvalue weighted by Gasteiger charge is 2.25. The highest BCUT2D eigenvalue weighted by atomic mass is 16.7. The Hall–Kier alpha value is -3.79. The topological polar surface area (TPSA) is 108 Å². The summed E-state index contributed by atoms with van der Waals surface area (Å²) in [6.07, 6.45) is 85.1. The number of aliphatic carboxylic acids is 1. The van der Waals surface area contributed by atoms with Crippen molar-refractivity contribution < 1.29 is 42.9 Å². The second-order valence-electron chi connectivity index (χ2n) is 24.1. The monoisotopic (exact) mass is 1160 g/mol. The lowest BCUT2D eigenvalue weighted by Gasteiger charge is -2.25. The predicted octanol–water partition coefficient (Wildman–Crippen LogP) is 21.2. The number of rotatable bonds is 63. The van der Waals surface area contributed by atoms with Crippen molar-refractivity contribution in [3.63, 3.8) is 0 Å². The molecule has 0 aliphatic heterocycles. The SMILES string of the molecule is CC/C=C\C/C=C\C/C=C\C/C=C\C/C=C\CCCCCCCCCCCCCC(=O)OC(COC(=O)CCCCCCCCCCCCCCCCCC/C=C\C/C=C\C/C=C\CCCCCCC)COC(OCC[N+](C)(C)C)C(=O)O. The Bertz CT molecular complexity index is 1680. The van der Waals surface area contributed by atoms with E-state index in [4.69, 9.17) is 18.9 Å². The number of carboxylic acid groups (broad SMARTS) is 1. The van der Waals surface area contributed by atoms with Crippen molar-refractivity contribution in [2.45, 2.75) is 309 Å². The molecule has 0 amide bonds. The van der Waals surface area contributed by atoms with Gasteiger partial charge in [-0.25, -0.2) is 4.79 Å². The fourth-order valence-corrected chi connectivity index (χ4v) is 9.58. The Morgan fingerprint density at radius 1 is 0.373 bits per heavy atom. The molecular weight excluding hydrogens is 1030 g/mol. The number of hydrogen-bond acceptors (Lipinski definition) is 7. The number of hydrogen-bond donors (Lipinski definition) is 1. The smallest absolute Gasteiger partial charge is 0.361 e. The van der Waals surface area contributed by atoms with Crippen LogP contribution in [0, 0.1) is 0 Å². The van der Waals surface area contributed by atoms with Gasteiger partial charge in [-0.2, -0.15) is 0 Å². The zero-order chi connectivity index (χ0) is 60.5. The number of nitrogens with zero attached hydrogens (tertiary/aromatic N) is 1. The van der Waals surface area contributed by atoms with Crippen LogP contribution in [0.4, 0.5) is 0 Å². The van der Waals surface area contributed by atoms with Gasteiger partial charge in [0.2, 0.25) is 0 Å². The number of carbonyl (C=O) groups excluding carboxylic acids is 2. The van der Waals surface area contributed by atoms with Crippen molar-refractivity contribution in [3.8, 4) is 0 Å². The van der Waals surface area contributed by atoms with Crippen LogP contribution in [0.5, 0.6) is 0 Å². The van der Waals surface area contributed by atoms with Crippen LogP contribution >= 0.6 is 0 Å². The molecule has 83 heavy (non-hydrogen) atoms. The summed E-state index contributed by atoms with van der Waals surface area (Å²) in [5.74, 6) is -2.00. The number of quaternary nitrogens is 1. The lowest BCUT2D eigenvalue weighted by Crippen LogP contribution is -2.40. The molecule has 0 fully saturated rings. The summed E-state index contributed by atoms with van der Waals surface area (Å²) >= 11 is 0. The number of esters is 2. The molecule has 2 atom stereocenters. The van der Waals surface area contributed by atoms with Crippen molar-refractivity contribution in [2.75, 3.05) is 47.5 Å². The Morgan fingerprint density at radius 2 is 0.687 bits per heavy atom. The van der Waals surface area contributed by atoms with E-state index in [1.807, 2.05) is 21.1 Å². The third-order valence-electron chi connectivity index (χ3n) is 14.8. The molecule has 0 saturated heterocycles. The molecule has 1 N–H and O–H groups in total. The first-order valence-electron chi connectivity index (χ1n) is 34.4. The van der Waals surface area contributed by atoms with Gasteiger partial charge in [0, 0.05) is 12.8 Å². The first-order valence-corrected chi connectivity index (χ1v) is 34.4. The average Bonchev–Trinajstić information content (AvgIpc) is 3.46. The largest absolute Gasteiger partial charge is 0.477 e. The molecule has 0 spiro atoms. The van der Waals surface area contributed by atoms with Crippen molar-refractivity contribution in [1.82, 2.24) is 0 Å². The lowest BCUT2D eigenvalue weighted by molar-refractivity contribution is -0.870. The van der Waals surface area contributed by atoms with E-state index in [0.29, 0.717) is 23.9 Å². The summed E-state index contributed by atoms with van der Waals surface area (Å²) in [5.41, 5.74) is 0. The predicted molar refractivity (Wildman–Crippen MR) is 355 cm³/mol. The molecule has 0 aromatic rings. The molecule has 0 aliphatic carbocycles. The van der Waals surface area contributed by atoms with E-state index in [2.05, 4.69) is 111 Å².